The molecular formula is C20H28O5. The smallest absolute Gasteiger partial charge is 0.334 e. The van der Waals surface area contributed by atoms with Gasteiger partial charge >= 0.3 is 11.9 Å². The SMILES string of the molecule is C=C1C(=O)O[C@@H]2[C@H]3O[C@]3(C)[C@@H](OC(=O)CC(C)C)C/C=C(\C)CC[C@@H]12. The molecule has 0 bridgehead atoms. The first-order chi connectivity index (χ1) is 11.7. The van der Waals surface area contributed by atoms with Gasteiger partial charge in [0.2, 0.25) is 0 Å². The third kappa shape index (κ3) is 3.52. The largest absolute Gasteiger partial charge is 0.459 e. The molecule has 0 saturated carbocycles. The minimum Gasteiger partial charge on any atom is -0.459 e. The van der Waals surface area contributed by atoms with Crippen molar-refractivity contribution in [2.75, 3.05) is 0 Å². The van der Waals surface area contributed by atoms with Crippen LogP contribution in [-0.4, -0.2) is 35.9 Å². The van der Waals surface area contributed by atoms with Gasteiger partial charge in [0.15, 0.2) is 0 Å². The highest BCUT2D eigenvalue weighted by Crippen LogP contribution is 2.50. The van der Waals surface area contributed by atoms with Crippen LogP contribution in [0.1, 0.15) is 53.4 Å². The molecule has 3 aliphatic rings. The molecule has 0 spiro atoms. The fraction of sp³-hybridized carbons (Fsp3) is 0.700. The van der Waals surface area contributed by atoms with Crippen LogP contribution in [-0.2, 0) is 23.8 Å². The quantitative estimate of drug-likeness (QED) is 0.339. The monoisotopic (exact) mass is 348 g/mol. The van der Waals surface area contributed by atoms with Crippen LogP contribution in [0.4, 0.5) is 0 Å². The number of carbonyl (C=O) groups is 2. The Morgan fingerprint density at radius 3 is 2.88 bits per heavy atom. The highest BCUT2D eigenvalue weighted by Gasteiger charge is 2.66. The summed E-state index contributed by atoms with van der Waals surface area (Å²) in [5.41, 5.74) is 1.14. The van der Waals surface area contributed by atoms with Gasteiger partial charge in [-0.05, 0) is 32.6 Å². The number of esters is 2. The lowest BCUT2D eigenvalue weighted by atomic mass is 9.83. The van der Waals surface area contributed by atoms with E-state index in [0.717, 1.165) is 12.8 Å². The van der Waals surface area contributed by atoms with E-state index in [2.05, 4.69) is 19.6 Å². The summed E-state index contributed by atoms with van der Waals surface area (Å²) in [5.74, 6) is -0.325. The normalized spacial score (nSPS) is 39.8. The molecule has 0 amide bonds. The molecule has 138 valence electrons. The molecule has 3 rings (SSSR count). The lowest BCUT2D eigenvalue weighted by molar-refractivity contribution is -0.153. The molecule has 0 radical (unpaired) electrons. The van der Waals surface area contributed by atoms with Gasteiger partial charge in [-0.2, -0.15) is 0 Å². The van der Waals surface area contributed by atoms with Gasteiger partial charge in [0.1, 0.15) is 23.9 Å². The summed E-state index contributed by atoms with van der Waals surface area (Å²) in [6.45, 7) is 11.9. The molecule has 0 N–H and O–H groups in total. The van der Waals surface area contributed by atoms with Crippen molar-refractivity contribution in [2.45, 2.75) is 77.3 Å². The second-order valence-electron chi connectivity index (χ2n) is 8.13. The molecule has 2 fully saturated rings. The van der Waals surface area contributed by atoms with Crippen LogP contribution in [0.5, 0.6) is 0 Å². The molecule has 5 atom stereocenters. The fourth-order valence-corrected chi connectivity index (χ4v) is 3.87. The van der Waals surface area contributed by atoms with Gasteiger partial charge in [-0.25, -0.2) is 4.79 Å². The number of rotatable bonds is 3. The first-order valence-corrected chi connectivity index (χ1v) is 9.15. The summed E-state index contributed by atoms with van der Waals surface area (Å²) in [4.78, 5) is 24.2. The van der Waals surface area contributed by atoms with Crippen molar-refractivity contribution in [1.29, 1.82) is 0 Å². The lowest BCUT2D eigenvalue weighted by Gasteiger charge is -2.25. The standard InChI is InChI=1S/C20H28O5/c1-11(2)10-16(21)23-15-9-7-12(3)6-8-14-13(4)19(22)24-17(14)18-20(15,5)25-18/h7,11,14-15,17-18H,4,6,8-10H2,1-3,5H3/b12-7+/t14-,15-,17-,18+,20+/m0/s1. The van der Waals surface area contributed by atoms with E-state index in [1.165, 1.54) is 5.57 Å². The molecule has 5 nitrogen and oxygen atoms in total. The Morgan fingerprint density at radius 2 is 2.20 bits per heavy atom. The Kier molecular flexibility index (Phi) is 4.80. The fourth-order valence-electron chi connectivity index (χ4n) is 3.87. The van der Waals surface area contributed by atoms with Gasteiger partial charge in [-0.15, -0.1) is 0 Å². The molecule has 2 aliphatic heterocycles. The van der Waals surface area contributed by atoms with E-state index in [-0.39, 0.29) is 42.1 Å². The van der Waals surface area contributed by atoms with Gasteiger partial charge in [-0.3, -0.25) is 4.79 Å². The van der Waals surface area contributed by atoms with E-state index in [1.807, 2.05) is 20.8 Å². The van der Waals surface area contributed by atoms with Crippen LogP contribution in [0.15, 0.2) is 23.8 Å². The van der Waals surface area contributed by atoms with Crippen LogP contribution in [0.25, 0.3) is 0 Å². The predicted octanol–water partition coefficient (Wildman–Crippen LogP) is 3.33. The summed E-state index contributed by atoms with van der Waals surface area (Å²) < 4.78 is 17.3. The summed E-state index contributed by atoms with van der Waals surface area (Å²) in [5, 5.41) is 0. The van der Waals surface area contributed by atoms with Crippen LogP contribution in [0.3, 0.4) is 0 Å². The highest BCUT2D eigenvalue weighted by molar-refractivity contribution is 5.91. The van der Waals surface area contributed by atoms with Crippen molar-refractivity contribution in [1.82, 2.24) is 0 Å². The zero-order valence-corrected chi connectivity index (χ0v) is 15.5. The minimum atomic E-state index is -0.616. The van der Waals surface area contributed by atoms with E-state index in [0.29, 0.717) is 18.4 Å². The zero-order valence-electron chi connectivity index (χ0n) is 15.5. The molecule has 25 heavy (non-hydrogen) atoms. The Balaban J connectivity index is 1.82. The lowest BCUT2D eigenvalue weighted by Crippen LogP contribution is -2.39. The van der Waals surface area contributed by atoms with Crippen LogP contribution >= 0.6 is 0 Å². The Labute approximate surface area is 149 Å². The van der Waals surface area contributed by atoms with E-state index >= 15 is 0 Å². The summed E-state index contributed by atoms with van der Waals surface area (Å²) >= 11 is 0. The summed E-state index contributed by atoms with van der Waals surface area (Å²) in [7, 11) is 0. The van der Waals surface area contributed by atoms with Crippen LogP contribution < -0.4 is 0 Å². The first kappa shape index (κ1) is 18.2. The average Bonchev–Trinajstić information content (AvgIpc) is 3.12. The van der Waals surface area contributed by atoms with Crippen molar-refractivity contribution in [2.24, 2.45) is 11.8 Å². The number of allylic oxidation sites excluding steroid dienone is 1. The topological polar surface area (TPSA) is 65.1 Å². The van der Waals surface area contributed by atoms with Crippen molar-refractivity contribution in [3.63, 3.8) is 0 Å². The highest BCUT2D eigenvalue weighted by atomic mass is 16.7. The van der Waals surface area contributed by atoms with E-state index in [1.54, 1.807) is 0 Å². The molecule has 1 aliphatic carbocycles. The molecule has 5 heteroatoms. The van der Waals surface area contributed by atoms with Gasteiger partial charge in [0, 0.05) is 24.3 Å². The average molecular weight is 348 g/mol. The van der Waals surface area contributed by atoms with Gasteiger partial charge in [0.25, 0.3) is 0 Å². The van der Waals surface area contributed by atoms with Crippen molar-refractivity contribution in [3.05, 3.63) is 23.8 Å². The van der Waals surface area contributed by atoms with Crippen molar-refractivity contribution in [3.8, 4) is 0 Å². The molecule has 0 unspecified atom stereocenters. The maximum atomic E-state index is 12.2. The van der Waals surface area contributed by atoms with E-state index in [9.17, 15) is 9.59 Å². The molecule has 2 saturated heterocycles. The number of ether oxygens (including phenoxy) is 3. The third-order valence-corrected chi connectivity index (χ3v) is 5.55. The van der Waals surface area contributed by atoms with Gasteiger partial charge in [0.05, 0.1) is 0 Å². The Morgan fingerprint density at radius 1 is 1.48 bits per heavy atom. The number of fused-ring (bicyclic) bond motifs is 3. The maximum absolute atomic E-state index is 12.2. The van der Waals surface area contributed by atoms with Crippen molar-refractivity contribution < 1.29 is 23.8 Å². The minimum absolute atomic E-state index is 0.0345. The number of epoxide rings is 1. The summed E-state index contributed by atoms with van der Waals surface area (Å²) in [6.07, 6.45) is 3.87. The molecular weight excluding hydrogens is 320 g/mol. The molecule has 0 aromatic rings. The van der Waals surface area contributed by atoms with E-state index in [4.69, 9.17) is 14.2 Å². The third-order valence-electron chi connectivity index (χ3n) is 5.55. The molecule has 2 heterocycles. The second-order valence-corrected chi connectivity index (χ2v) is 8.13. The first-order valence-electron chi connectivity index (χ1n) is 9.15. The maximum Gasteiger partial charge on any atom is 0.334 e. The van der Waals surface area contributed by atoms with Crippen molar-refractivity contribution >= 4 is 11.9 Å². The second kappa shape index (κ2) is 6.60. The Hall–Kier alpha value is -1.62. The zero-order chi connectivity index (χ0) is 18.4. The Bertz CT molecular complexity index is 620. The van der Waals surface area contributed by atoms with Crippen LogP contribution in [0.2, 0.25) is 0 Å². The number of carbonyl (C=O) groups excluding carboxylic acids is 2. The van der Waals surface area contributed by atoms with Gasteiger partial charge < -0.3 is 14.2 Å². The number of hydrogen-bond donors (Lipinski definition) is 0. The van der Waals surface area contributed by atoms with Gasteiger partial charge in [-0.1, -0.05) is 32.1 Å². The molecule has 0 aromatic heterocycles. The summed E-state index contributed by atoms with van der Waals surface area (Å²) in [6, 6.07) is 0. The predicted molar refractivity (Wildman–Crippen MR) is 92.7 cm³/mol. The number of hydrogen-bond acceptors (Lipinski definition) is 5. The van der Waals surface area contributed by atoms with E-state index < -0.39 is 5.60 Å². The molecule has 0 aromatic carbocycles. The van der Waals surface area contributed by atoms with Crippen LogP contribution in [0, 0.1) is 11.8 Å².